The maximum absolute atomic E-state index is 4.72. The molecule has 0 unspecified atom stereocenters. The third kappa shape index (κ3) is 5.59. The number of hydrogen-bond acceptors (Lipinski definition) is 3. The Bertz CT molecular complexity index is 445. The van der Waals surface area contributed by atoms with Crippen molar-refractivity contribution < 1.29 is 0 Å². The van der Waals surface area contributed by atoms with E-state index in [0.29, 0.717) is 11.8 Å². The molecule has 0 spiro atoms. The van der Waals surface area contributed by atoms with Gasteiger partial charge in [-0.3, -0.25) is 0 Å². The maximum atomic E-state index is 4.72. The van der Waals surface area contributed by atoms with Crippen molar-refractivity contribution >= 4 is 21.7 Å². The van der Waals surface area contributed by atoms with Crippen molar-refractivity contribution in [2.75, 3.05) is 18.0 Å². The zero-order chi connectivity index (χ0) is 15.4. The number of anilines is 1. The molecule has 3 nitrogen and oxygen atoms in total. The number of hydrogen-bond donors (Lipinski definition) is 1. The molecule has 1 saturated carbocycles. The number of pyridine rings is 1. The van der Waals surface area contributed by atoms with Gasteiger partial charge in [0.25, 0.3) is 0 Å². The van der Waals surface area contributed by atoms with Gasteiger partial charge in [0.1, 0.15) is 5.82 Å². The summed E-state index contributed by atoms with van der Waals surface area (Å²) in [4.78, 5) is 7.17. The average Bonchev–Trinajstić information content (AvgIpc) is 3.18. The first kappa shape index (κ1) is 16.8. The Balaban J connectivity index is 2.19. The number of rotatable bonds is 8. The minimum atomic E-state index is 0.637. The van der Waals surface area contributed by atoms with Crippen LogP contribution in [0, 0.1) is 11.8 Å². The summed E-state index contributed by atoms with van der Waals surface area (Å²) in [6.07, 6.45) is 4.56. The molecule has 0 saturated heterocycles. The van der Waals surface area contributed by atoms with E-state index >= 15 is 0 Å². The fourth-order valence-electron chi connectivity index (χ4n) is 2.56. The lowest BCUT2D eigenvalue weighted by Crippen LogP contribution is -2.33. The summed E-state index contributed by atoms with van der Waals surface area (Å²) in [5.41, 5.74) is 1.30. The number of halogens is 1. The average molecular weight is 354 g/mol. The van der Waals surface area contributed by atoms with Crippen molar-refractivity contribution in [3.63, 3.8) is 0 Å². The van der Waals surface area contributed by atoms with Crippen LogP contribution < -0.4 is 10.2 Å². The first-order valence-corrected chi connectivity index (χ1v) is 8.87. The van der Waals surface area contributed by atoms with Crippen molar-refractivity contribution in [1.82, 2.24) is 10.3 Å². The van der Waals surface area contributed by atoms with Crippen LogP contribution in [0.2, 0.25) is 0 Å². The van der Waals surface area contributed by atoms with Gasteiger partial charge in [-0.05, 0) is 46.7 Å². The van der Waals surface area contributed by atoms with Gasteiger partial charge in [-0.25, -0.2) is 4.98 Å². The normalized spacial score (nSPS) is 15.0. The Hall–Kier alpha value is -0.610. The van der Waals surface area contributed by atoms with Crippen molar-refractivity contribution in [2.45, 2.75) is 53.1 Å². The summed E-state index contributed by atoms with van der Waals surface area (Å²) in [6, 6.07) is 2.94. The Kier molecular flexibility index (Phi) is 6.06. The Morgan fingerprint density at radius 3 is 2.38 bits per heavy atom. The van der Waals surface area contributed by atoms with Crippen molar-refractivity contribution in [2.24, 2.45) is 11.8 Å². The Labute approximate surface area is 137 Å². The molecule has 0 aliphatic heterocycles. The predicted octanol–water partition coefficient (Wildman–Crippen LogP) is 4.21. The molecule has 0 bridgehead atoms. The number of nitrogens with one attached hydrogen (secondary N) is 1. The third-order valence-corrected chi connectivity index (χ3v) is 3.97. The van der Waals surface area contributed by atoms with E-state index in [0.717, 1.165) is 36.0 Å². The molecule has 2 rings (SSSR count). The minimum absolute atomic E-state index is 0.637. The molecule has 118 valence electrons. The largest absolute Gasteiger partial charge is 0.356 e. The van der Waals surface area contributed by atoms with E-state index in [2.05, 4.69) is 59.9 Å². The molecule has 21 heavy (non-hydrogen) atoms. The molecule has 1 fully saturated rings. The third-order valence-electron chi connectivity index (χ3n) is 3.54. The summed E-state index contributed by atoms with van der Waals surface area (Å²) >= 11 is 3.56. The van der Waals surface area contributed by atoms with Gasteiger partial charge in [0.15, 0.2) is 0 Å². The lowest BCUT2D eigenvalue weighted by molar-refractivity contribution is 0.545. The van der Waals surface area contributed by atoms with Crippen molar-refractivity contribution in [3.05, 3.63) is 22.3 Å². The van der Waals surface area contributed by atoms with Gasteiger partial charge in [-0.15, -0.1) is 0 Å². The van der Waals surface area contributed by atoms with Gasteiger partial charge in [-0.1, -0.05) is 27.7 Å². The second-order valence-electron chi connectivity index (χ2n) is 6.98. The van der Waals surface area contributed by atoms with Crippen LogP contribution in [-0.2, 0) is 6.54 Å². The second-order valence-corrected chi connectivity index (χ2v) is 7.90. The molecule has 1 heterocycles. The molecule has 1 N–H and O–H groups in total. The molecule has 4 heteroatoms. The quantitative estimate of drug-likeness (QED) is 0.758. The SMILES string of the molecule is CC(C)CN(CC(C)C)c1ncc(Br)cc1CNC1CC1. The van der Waals surface area contributed by atoms with Crippen LogP contribution in [0.3, 0.4) is 0 Å². The summed E-state index contributed by atoms with van der Waals surface area (Å²) in [7, 11) is 0. The lowest BCUT2D eigenvalue weighted by Gasteiger charge is -2.29. The van der Waals surface area contributed by atoms with Crippen LogP contribution in [0.1, 0.15) is 46.1 Å². The molecule has 1 aromatic heterocycles. The molecule has 1 aromatic rings. The monoisotopic (exact) mass is 353 g/mol. The fraction of sp³-hybridized carbons (Fsp3) is 0.706. The highest BCUT2D eigenvalue weighted by Crippen LogP contribution is 2.25. The van der Waals surface area contributed by atoms with Gasteiger partial charge < -0.3 is 10.2 Å². The molecule has 0 atom stereocenters. The van der Waals surface area contributed by atoms with E-state index in [1.165, 1.54) is 18.4 Å². The summed E-state index contributed by atoms with van der Waals surface area (Å²) in [6.45, 7) is 12.1. The van der Waals surface area contributed by atoms with Crippen LogP contribution >= 0.6 is 15.9 Å². The first-order chi connectivity index (χ1) is 9.95. The minimum Gasteiger partial charge on any atom is -0.356 e. The van der Waals surface area contributed by atoms with Gasteiger partial charge in [0, 0.05) is 41.9 Å². The predicted molar refractivity (Wildman–Crippen MR) is 93.7 cm³/mol. The molecular weight excluding hydrogens is 326 g/mol. The van der Waals surface area contributed by atoms with Crippen LogP contribution in [-0.4, -0.2) is 24.1 Å². The maximum Gasteiger partial charge on any atom is 0.133 e. The van der Waals surface area contributed by atoms with Crippen LogP contribution in [0.15, 0.2) is 16.7 Å². The highest BCUT2D eigenvalue weighted by molar-refractivity contribution is 9.10. The van der Waals surface area contributed by atoms with E-state index in [1.54, 1.807) is 0 Å². The van der Waals surface area contributed by atoms with Gasteiger partial charge in [0.2, 0.25) is 0 Å². The van der Waals surface area contributed by atoms with E-state index < -0.39 is 0 Å². The van der Waals surface area contributed by atoms with E-state index in [-0.39, 0.29) is 0 Å². The van der Waals surface area contributed by atoms with Crippen molar-refractivity contribution in [3.8, 4) is 0 Å². The standard InChI is InChI=1S/C17H28BrN3/c1-12(2)10-21(11-13(3)4)17-14(7-15(18)9-20-17)8-19-16-5-6-16/h7,9,12-13,16,19H,5-6,8,10-11H2,1-4H3. The molecule has 1 aliphatic carbocycles. The Morgan fingerprint density at radius 2 is 1.86 bits per heavy atom. The summed E-state index contributed by atoms with van der Waals surface area (Å²) in [5.74, 6) is 2.42. The van der Waals surface area contributed by atoms with E-state index in [1.807, 2.05) is 6.20 Å². The topological polar surface area (TPSA) is 28.2 Å². The molecule has 0 radical (unpaired) electrons. The van der Waals surface area contributed by atoms with Gasteiger partial charge >= 0.3 is 0 Å². The van der Waals surface area contributed by atoms with E-state index in [9.17, 15) is 0 Å². The Morgan fingerprint density at radius 1 is 1.24 bits per heavy atom. The molecular formula is C17H28BrN3. The van der Waals surface area contributed by atoms with Crippen molar-refractivity contribution in [1.29, 1.82) is 0 Å². The van der Waals surface area contributed by atoms with E-state index in [4.69, 9.17) is 4.98 Å². The summed E-state index contributed by atoms with van der Waals surface area (Å²) < 4.78 is 1.06. The second kappa shape index (κ2) is 7.59. The molecule has 0 amide bonds. The fourth-order valence-corrected chi connectivity index (χ4v) is 2.94. The summed E-state index contributed by atoms with van der Waals surface area (Å²) in [5, 5.41) is 3.61. The van der Waals surface area contributed by atoms with Crippen LogP contribution in [0.5, 0.6) is 0 Å². The zero-order valence-electron chi connectivity index (χ0n) is 13.7. The molecule has 0 aromatic carbocycles. The smallest absolute Gasteiger partial charge is 0.133 e. The highest BCUT2D eigenvalue weighted by atomic mass is 79.9. The van der Waals surface area contributed by atoms with Crippen LogP contribution in [0.25, 0.3) is 0 Å². The highest BCUT2D eigenvalue weighted by Gasteiger charge is 2.22. The molecule has 1 aliphatic rings. The number of nitrogens with zero attached hydrogens (tertiary/aromatic N) is 2. The number of aromatic nitrogens is 1. The van der Waals surface area contributed by atoms with Gasteiger partial charge in [-0.2, -0.15) is 0 Å². The lowest BCUT2D eigenvalue weighted by atomic mass is 10.1. The zero-order valence-corrected chi connectivity index (χ0v) is 15.3. The van der Waals surface area contributed by atoms with Crippen LogP contribution in [0.4, 0.5) is 5.82 Å². The van der Waals surface area contributed by atoms with Gasteiger partial charge in [0.05, 0.1) is 0 Å². The first-order valence-electron chi connectivity index (χ1n) is 8.08.